The van der Waals surface area contributed by atoms with Crippen LogP contribution in [0.1, 0.15) is 19.4 Å². The van der Waals surface area contributed by atoms with Crippen LogP contribution in [0.5, 0.6) is 0 Å². The first-order valence-corrected chi connectivity index (χ1v) is 9.02. The summed E-state index contributed by atoms with van der Waals surface area (Å²) >= 11 is 0. The molecule has 0 saturated carbocycles. The van der Waals surface area contributed by atoms with E-state index >= 15 is 0 Å². The van der Waals surface area contributed by atoms with Gasteiger partial charge >= 0.3 is 0 Å². The number of benzene rings is 3. The fourth-order valence-corrected chi connectivity index (χ4v) is 3.96. The molecule has 3 heteroatoms. The van der Waals surface area contributed by atoms with Crippen LogP contribution < -0.4 is 4.90 Å². The van der Waals surface area contributed by atoms with E-state index in [4.69, 9.17) is 4.42 Å². The van der Waals surface area contributed by atoms with Crippen molar-refractivity contribution in [3.05, 3.63) is 66.5 Å². The number of anilines is 1. The van der Waals surface area contributed by atoms with Gasteiger partial charge in [0.25, 0.3) is 0 Å². The van der Waals surface area contributed by atoms with Gasteiger partial charge in [-0.05, 0) is 49.2 Å². The molecule has 0 aliphatic carbocycles. The number of aryl methyl sites for hydroxylation is 1. The zero-order chi connectivity index (χ0) is 18.1. The van der Waals surface area contributed by atoms with Gasteiger partial charge in [0, 0.05) is 30.2 Å². The second kappa shape index (κ2) is 5.04. The average Bonchev–Trinajstić information content (AvgIpc) is 3.10. The predicted octanol–water partition coefficient (Wildman–Crippen LogP) is 6.01. The van der Waals surface area contributed by atoms with Gasteiger partial charge in [-0.2, -0.15) is 0 Å². The van der Waals surface area contributed by atoms with Gasteiger partial charge in [0.2, 0.25) is 0 Å². The fourth-order valence-electron chi connectivity index (χ4n) is 3.96. The summed E-state index contributed by atoms with van der Waals surface area (Å²) in [7, 11) is 2.11. The smallest absolute Gasteiger partial charge is 0.159 e. The molecule has 1 aliphatic heterocycles. The lowest BCUT2D eigenvalue weighted by molar-refractivity contribution is 0.253. The lowest BCUT2D eigenvalue weighted by atomic mass is 10.0. The van der Waals surface area contributed by atoms with Gasteiger partial charge in [-0.25, -0.2) is 0 Å². The van der Waals surface area contributed by atoms with Gasteiger partial charge in [-0.3, -0.25) is 0 Å². The summed E-state index contributed by atoms with van der Waals surface area (Å²) in [6, 6.07) is 17.2. The molecule has 0 spiro atoms. The minimum absolute atomic E-state index is 0.136. The summed E-state index contributed by atoms with van der Waals surface area (Å²) in [6.45, 7) is 6.60. The molecule has 0 N–H and O–H groups in total. The second-order valence-corrected chi connectivity index (χ2v) is 7.68. The van der Waals surface area contributed by atoms with Crippen LogP contribution in [-0.4, -0.2) is 17.6 Å². The lowest BCUT2D eigenvalue weighted by Gasteiger charge is -2.38. The van der Waals surface area contributed by atoms with Gasteiger partial charge in [0.15, 0.2) is 5.58 Å². The van der Waals surface area contributed by atoms with Gasteiger partial charge in [0.05, 0.1) is 5.69 Å². The molecule has 3 nitrogen and oxygen atoms in total. The molecule has 26 heavy (non-hydrogen) atoms. The van der Waals surface area contributed by atoms with Crippen LogP contribution in [0.25, 0.3) is 32.7 Å². The molecule has 5 rings (SSSR count). The van der Waals surface area contributed by atoms with Crippen molar-refractivity contribution in [2.24, 2.45) is 0 Å². The zero-order valence-electron chi connectivity index (χ0n) is 15.6. The molecule has 130 valence electrons. The minimum Gasteiger partial charge on any atom is -0.454 e. The van der Waals surface area contributed by atoms with Crippen molar-refractivity contribution < 1.29 is 4.42 Å². The standard InChI is InChI=1S/C23H22N2O/c1-15-9-10-18-19-13-16-7-5-6-8-17(16)14-20(19)26-22(18)21(15)25-12-11-24(4)23(25,2)3/h5-14H,1-4H3. The third-order valence-electron chi connectivity index (χ3n) is 5.82. The highest BCUT2D eigenvalue weighted by Crippen LogP contribution is 2.42. The van der Waals surface area contributed by atoms with E-state index in [2.05, 4.69) is 98.5 Å². The van der Waals surface area contributed by atoms with Crippen molar-refractivity contribution in [2.75, 3.05) is 11.9 Å². The van der Waals surface area contributed by atoms with E-state index in [9.17, 15) is 0 Å². The molecule has 0 radical (unpaired) electrons. The van der Waals surface area contributed by atoms with Crippen LogP contribution in [-0.2, 0) is 0 Å². The Bertz CT molecular complexity index is 1200. The van der Waals surface area contributed by atoms with Crippen molar-refractivity contribution in [2.45, 2.75) is 26.4 Å². The minimum atomic E-state index is -0.136. The van der Waals surface area contributed by atoms with E-state index in [1.54, 1.807) is 0 Å². The van der Waals surface area contributed by atoms with Gasteiger partial charge in [-0.1, -0.05) is 36.4 Å². The number of furan rings is 1. The van der Waals surface area contributed by atoms with Crippen molar-refractivity contribution in [3.8, 4) is 0 Å². The van der Waals surface area contributed by atoms with E-state index in [0.717, 1.165) is 16.9 Å². The summed E-state index contributed by atoms with van der Waals surface area (Å²) in [5, 5.41) is 4.80. The third-order valence-corrected chi connectivity index (χ3v) is 5.82. The molecular formula is C23H22N2O. The zero-order valence-corrected chi connectivity index (χ0v) is 15.6. The normalized spacial score (nSPS) is 16.5. The highest BCUT2D eigenvalue weighted by atomic mass is 16.3. The Morgan fingerprint density at radius 1 is 0.885 bits per heavy atom. The molecule has 0 atom stereocenters. The van der Waals surface area contributed by atoms with E-state index in [-0.39, 0.29) is 5.66 Å². The average molecular weight is 342 g/mol. The summed E-state index contributed by atoms with van der Waals surface area (Å²) < 4.78 is 6.42. The number of hydrogen-bond acceptors (Lipinski definition) is 3. The topological polar surface area (TPSA) is 19.6 Å². The molecule has 4 aromatic rings. The predicted molar refractivity (Wildman–Crippen MR) is 109 cm³/mol. The Morgan fingerprint density at radius 2 is 1.62 bits per heavy atom. The Labute approximate surface area is 153 Å². The van der Waals surface area contributed by atoms with Crippen LogP contribution in [0.2, 0.25) is 0 Å². The summed E-state index contributed by atoms with van der Waals surface area (Å²) in [5.74, 6) is 0. The van der Waals surface area contributed by atoms with Crippen molar-refractivity contribution in [3.63, 3.8) is 0 Å². The first-order chi connectivity index (χ1) is 12.5. The molecule has 1 aromatic heterocycles. The first-order valence-electron chi connectivity index (χ1n) is 9.02. The Morgan fingerprint density at radius 3 is 2.31 bits per heavy atom. The molecule has 0 bridgehead atoms. The largest absolute Gasteiger partial charge is 0.454 e. The molecule has 0 amide bonds. The lowest BCUT2D eigenvalue weighted by Crippen LogP contribution is -2.46. The van der Waals surface area contributed by atoms with Gasteiger partial charge in [-0.15, -0.1) is 0 Å². The Balaban J connectivity index is 1.85. The van der Waals surface area contributed by atoms with Crippen LogP contribution in [0, 0.1) is 6.92 Å². The van der Waals surface area contributed by atoms with Crippen molar-refractivity contribution in [1.29, 1.82) is 0 Å². The molecular weight excluding hydrogens is 320 g/mol. The van der Waals surface area contributed by atoms with Crippen LogP contribution in [0.15, 0.2) is 65.3 Å². The van der Waals surface area contributed by atoms with Crippen LogP contribution >= 0.6 is 0 Å². The van der Waals surface area contributed by atoms with E-state index in [0.29, 0.717) is 0 Å². The molecule has 1 aliphatic rings. The maximum atomic E-state index is 6.42. The monoisotopic (exact) mass is 342 g/mol. The maximum Gasteiger partial charge on any atom is 0.159 e. The molecule has 0 saturated heterocycles. The highest BCUT2D eigenvalue weighted by Gasteiger charge is 2.35. The second-order valence-electron chi connectivity index (χ2n) is 7.68. The van der Waals surface area contributed by atoms with E-state index in [1.807, 2.05) is 0 Å². The molecule has 0 unspecified atom stereocenters. The van der Waals surface area contributed by atoms with Crippen molar-refractivity contribution in [1.82, 2.24) is 4.90 Å². The number of hydrogen-bond donors (Lipinski definition) is 0. The van der Waals surface area contributed by atoms with E-state index in [1.165, 1.54) is 27.1 Å². The maximum absolute atomic E-state index is 6.42. The highest BCUT2D eigenvalue weighted by molar-refractivity contribution is 6.13. The first kappa shape index (κ1) is 15.3. The quantitative estimate of drug-likeness (QED) is 0.422. The summed E-state index contributed by atoms with van der Waals surface area (Å²) in [6.07, 6.45) is 4.26. The molecule has 3 aromatic carbocycles. The Kier molecular flexibility index (Phi) is 2.97. The fraction of sp³-hybridized carbons (Fsp3) is 0.217. The van der Waals surface area contributed by atoms with E-state index < -0.39 is 0 Å². The third kappa shape index (κ3) is 1.94. The number of fused-ring (bicyclic) bond motifs is 4. The van der Waals surface area contributed by atoms with Crippen LogP contribution in [0.3, 0.4) is 0 Å². The molecule has 2 heterocycles. The number of rotatable bonds is 1. The number of nitrogens with zero attached hydrogens (tertiary/aromatic N) is 2. The molecule has 0 fully saturated rings. The van der Waals surface area contributed by atoms with Crippen LogP contribution in [0.4, 0.5) is 5.69 Å². The summed E-state index contributed by atoms with van der Waals surface area (Å²) in [5.41, 5.74) is 4.13. The summed E-state index contributed by atoms with van der Waals surface area (Å²) in [4.78, 5) is 4.54. The SMILES string of the molecule is Cc1ccc2c(oc3cc4ccccc4cc32)c1N1C=CN(C)C1(C)C. The van der Waals surface area contributed by atoms with Gasteiger partial charge in [0.1, 0.15) is 11.2 Å². The van der Waals surface area contributed by atoms with Crippen molar-refractivity contribution >= 4 is 38.4 Å². The van der Waals surface area contributed by atoms with Gasteiger partial charge < -0.3 is 14.2 Å². The Hall–Kier alpha value is -2.94.